The molecule has 0 unspecified atom stereocenters. The molecule has 1 aliphatic rings. The number of anilines is 1. The van der Waals surface area contributed by atoms with E-state index in [0.29, 0.717) is 5.39 Å². The van der Waals surface area contributed by atoms with E-state index in [4.69, 9.17) is 33.5 Å². The van der Waals surface area contributed by atoms with Gasteiger partial charge < -0.3 is 44.2 Å². The van der Waals surface area contributed by atoms with Crippen molar-refractivity contribution >= 4 is 37.0 Å². The molecule has 4 atom stereocenters. The summed E-state index contributed by atoms with van der Waals surface area (Å²) < 4.78 is 69.1. The molecule has 17 nitrogen and oxygen atoms in total. The van der Waals surface area contributed by atoms with E-state index in [0.717, 1.165) is 13.3 Å². The van der Waals surface area contributed by atoms with Crippen LogP contribution in [0.15, 0.2) is 18.6 Å². The van der Waals surface area contributed by atoms with Crippen LogP contribution in [-0.2, 0) is 41.8 Å². The lowest BCUT2D eigenvalue weighted by Gasteiger charge is -2.28. The monoisotopic (exact) mass is 610 g/mol. The molecule has 3 heterocycles. The number of nitrogens with zero attached hydrogens (tertiary/aromatic N) is 3. The van der Waals surface area contributed by atoms with Crippen molar-refractivity contribution in [1.29, 1.82) is 0 Å². The molecule has 41 heavy (non-hydrogen) atoms. The lowest BCUT2D eigenvalue weighted by Crippen LogP contribution is -2.49. The zero-order chi connectivity index (χ0) is 30.6. The summed E-state index contributed by atoms with van der Waals surface area (Å²) in [5.41, 5.74) is 3.70. The number of hydrogen-bond acceptors (Lipinski definition) is 16. The molecule has 0 bridgehead atoms. The van der Waals surface area contributed by atoms with Crippen molar-refractivity contribution in [1.82, 2.24) is 14.5 Å². The molecule has 2 aromatic heterocycles. The summed E-state index contributed by atoms with van der Waals surface area (Å²) >= 11 is 0. The number of hydrogen-bond donors (Lipinski definition) is 3. The van der Waals surface area contributed by atoms with E-state index < -0.39 is 76.3 Å². The largest absolute Gasteiger partial charge is 0.510 e. The number of phosphoric ester groups is 1. The number of nitrogen functional groups attached to an aromatic ring is 1. The third-order valence-corrected chi connectivity index (χ3v) is 6.71. The minimum absolute atomic E-state index is 0.107. The van der Waals surface area contributed by atoms with E-state index in [1.807, 2.05) is 0 Å². The summed E-state index contributed by atoms with van der Waals surface area (Å²) in [6.07, 6.45) is -4.81. The van der Waals surface area contributed by atoms with Crippen molar-refractivity contribution in [3.8, 4) is 0 Å². The Labute approximate surface area is 233 Å². The van der Waals surface area contributed by atoms with Crippen LogP contribution in [0.3, 0.4) is 0 Å². The maximum Gasteiger partial charge on any atom is 0.510 e. The van der Waals surface area contributed by atoms with Crippen molar-refractivity contribution in [3.63, 3.8) is 0 Å². The molecule has 2 aromatic rings. The molecule has 0 aliphatic carbocycles. The second-order valence-electron chi connectivity index (χ2n) is 9.44. The molecule has 1 saturated heterocycles. The number of halogens is 1. The Hall–Kier alpha value is -3.12. The number of fused-ring (bicyclic) bond motifs is 1. The zero-order valence-electron chi connectivity index (χ0n) is 22.8. The third-order valence-electron chi connectivity index (χ3n) is 5.42. The Bertz CT molecular complexity index is 1240. The average molecular weight is 610 g/mol. The number of carbonyl (C=O) groups is 2. The summed E-state index contributed by atoms with van der Waals surface area (Å²) in [5, 5.41) is 22.1. The highest BCUT2D eigenvalue weighted by Gasteiger charge is 2.63. The van der Waals surface area contributed by atoms with Crippen molar-refractivity contribution in [2.45, 2.75) is 70.6 Å². The third kappa shape index (κ3) is 7.79. The van der Waals surface area contributed by atoms with Crippen LogP contribution in [0.4, 0.5) is 19.8 Å². The van der Waals surface area contributed by atoms with Crippen LogP contribution in [-0.4, -0.2) is 87.0 Å². The van der Waals surface area contributed by atoms with Gasteiger partial charge in [0.1, 0.15) is 36.1 Å². The van der Waals surface area contributed by atoms with Gasteiger partial charge in [0.05, 0.1) is 17.6 Å². The second kappa shape index (κ2) is 12.8. The van der Waals surface area contributed by atoms with Crippen molar-refractivity contribution < 1.29 is 66.0 Å². The van der Waals surface area contributed by atoms with Crippen molar-refractivity contribution in [2.24, 2.45) is 0 Å². The summed E-state index contributed by atoms with van der Waals surface area (Å²) in [6, 6.07) is 1.50. The highest BCUT2D eigenvalue weighted by atomic mass is 31.2. The topological polar surface area (TPSA) is 222 Å². The SMILES string of the molecule is CC(C)OC(=O)OCOP(=O)(OCOC(=O)OC(C)C)OC[C@@]1(F)O[C@@H](n2ccc3c(N)ncnc32)[C@](C)(O)[C@@H]1O. The van der Waals surface area contributed by atoms with Crippen LogP contribution in [0.2, 0.25) is 0 Å². The molecule has 0 aromatic carbocycles. The Morgan fingerprint density at radius 1 is 1.12 bits per heavy atom. The number of alkyl halides is 1. The number of aliphatic hydroxyl groups is 2. The van der Waals surface area contributed by atoms with E-state index in [1.165, 1.54) is 16.8 Å². The molecule has 0 radical (unpaired) electrons. The van der Waals surface area contributed by atoms with Gasteiger partial charge in [-0.2, -0.15) is 0 Å². The Balaban J connectivity index is 1.75. The van der Waals surface area contributed by atoms with Gasteiger partial charge >= 0.3 is 20.1 Å². The first-order valence-corrected chi connectivity index (χ1v) is 13.6. The van der Waals surface area contributed by atoms with Gasteiger partial charge in [0, 0.05) is 6.20 Å². The van der Waals surface area contributed by atoms with Crippen LogP contribution in [0.5, 0.6) is 0 Å². The lowest BCUT2D eigenvalue weighted by atomic mass is 9.95. The number of aliphatic hydroxyl groups excluding tert-OH is 1. The number of rotatable bonds is 12. The quantitative estimate of drug-likeness (QED) is 0.178. The first kappa shape index (κ1) is 32.4. The maximum absolute atomic E-state index is 16.0. The van der Waals surface area contributed by atoms with Gasteiger partial charge in [0.15, 0.2) is 6.23 Å². The van der Waals surface area contributed by atoms with Crippen LogP contribution in [0.25, 0.3) is 11.0 Å². The fraction of sp³-hybridized carbons (Fsp3) is 0.636. The van der Waals surface area contributed by atoms with Gasteiger partial charge in [-0.15, -0.1) is 0 Å². The molecular weight excluding hydrogens is 578 g/mol. The van der Waals surface area contributed by atoms with E-state index in [9.17, 15) is 24.4 Å². The Morgan fingerprint density at radius 3 is 2.22 bits per heavy atom. The predicted octanol–water partition coefficient (Wildman–Crippen LogP) is 2.52. The minimum atomic E-state index is -4.91. The molecule has 0 saturated carbocycles. The van der Waals surface area contributed by atoms with E-state index in [1.54, 1.807) is 27.7 Å². The lowest BCUT2D eigenvalue weighted by molar-refractivity contribution is -0.205. The molecule has 19 heteroatoms. The van der Waals surface area contributed by atoms with Crippen LogP contribution in [0.1, 0.15) is 40.8 Å². The number of ether oxygens (including phenoxy) is 5. The van der Waals surface area contributed by atoms with Crippen molar-refractivity contribution in [3.05, 3.63) is 18.6 Å². The van der Waals surface area contributed by atoms with Crippen LogP contribution in [0, 0.1) is 0 Å². The van der Waals surface area contributed by atoms with E-state index >= 15 is 4.39 Å². The highest BCUT2D eigenvalue weighted by Crippen LogP contribution is 2.53. The average Bonchev–Trinajstić information content (AvgIpc) is 3.36. The molecule has 1 fully saturated rings. The number of aromatic nitrogens is 3. The minimum Gasteiger partial charge on any atom is -0.432 e. The predicted molar refractivity (Wildman–Crippen MR) is 133 cm³/mol. The zero-order valence-corrected chi connectivity index (χ0v) is 23.7. The standard InChI is InChI=1S/C22H32FN4O13P/c1-12(2)38-19(29)33-10-36-41(32,37-11-34-20(30)39-13(3)4)35-8-22(23)17(28)21(5,31)18(40-22)27-7-6-14-15(24)25-9-26-16(14)27/h6-7,9,12-13,17-18,28,31H,8,10-11H2,1-5H3,(H2,24,25,26)/t17-,18+,21+,22+/m0/s1. The number of phosphoric acid groups is 1. The summed E-state index contributed by atoms with van der Waals surface area (Å²) in [7, 11) is -4.91. The van der Waals surface area contributed by atoms with E-state index in [-0.39, 0.29) is 11.5 Å². The first-order valence-electron chi connectivity index (χ1n) is 12.1. The van der Waals surface area contributed by atoms with Crippen LogP contribution >= 0.6 is 7.82 Å². The smallest absolute Gasteiger partial charge is 0.432 e. The fourth-order valence-corrected chi connectivity index (χ4v) is 4.50. The maximum atomic E-state index is 16.0. The summed E-state index contributed by atoms with van der Waals surface area (Å²) in [4.78, 5) is 31.1. The molecule has 1 aliphatic heterocycles. The van der Waals surface area contributed by atoms with Gasteiger partial charge in [-0.3, -0.25) is 4.52 Å². The molecule has 0 spiro atoms. The summed E-state index contributed by atoms with van der Waals surface area (Å²) in [5.74, 6) is -3.10. The molecule has 4 N–H and O–H groups in total. The first-order chi connectivity index (χ1) is 19.1. The normalized spacial score (nSPS) is 24.6. The van der Waals surface area contributed by atoms with E-state index in [2.05, 4.69) is 19.4 Å². The van der Waals surface area contributed by atoms with Crippen LogP contribution < -0.4 is 5.73 Å². The fourth-order valence-electron chi connectivity index (χ4n) is 3.58. The number of carbonyl (C=O) groups excluding carboxylic acids is 2. The van der Waals surface area contributed by atoms with Crippen molar-refractivity contribution in [2.75, 3.05) is 25.9 Å². The highest BCUT2D eigenvalue weighted by molar-refractivity contribution is 7.48. The molecular formula is C22H32FN4O13P. The van der Waals surface area contributed by atoms with Gasteiger partial charge in [0.2, 0.25) is 13.6 Å². The molecule has 0 amide bonds. The Morgan fingerprint density at radius 2 is 1.68 bits per heavy atom. The van der Waals surface area contributed by atoms with Gasteiger partial charge in [-0.1, -0.05) is 0 Å². The van der Waals surface area contributed by atoms with Gasteiger partial charge in [0.25, 0.3) is 5.85 Å². The van der Waals surface area contributed by atoms with Gasteiger partial charge in [-0.05, 0) is 40.7 Å². The molecule has 3 rings (SSSR count). The summed E-state index contributed by atoms with van der Waals surface area (Å²) in [6.45, 7) is 3.80. The van der Waals surface area contributed by atoms with Gasteiger partial charge in [-0.25, -0.2) is 37.6 Å². The Kier molecular flexibility index (Phi) is 10.1. The second-order valence-corrected chi connectivity index (χ2v) is 11.1. The molecule has 230 valence electrons. The number of nitrogens with two attached hydrogens (primary N) is 1.